The van der Waals surface area contributed by atoms with Gasteiger partial charge in [-0.25, -0.2) is 4.79 Å². The van der Waals surface area contributed by atoms with Crippen molar-refractivity contribution in [2.75, 3.05) is 20.2 Å². The highest BCUT2D eigenvalue weighted by Gasteiger charge is 2.72. The molecule has 240 valence electrons. The number of nitrogens with zero attached hydrogens (tertiary/aromatic N) is 1. The van der Waals surface area contributed by atoms with Gasteiger partial charge in [-0.05, 0) is 78.3 Å². The van der Waals surface area contributed by atoms with Crippen LogP contribution in [0.25, 0.3) is 0 Å². The number of benzene rings is 1. The molecule has 1 aromatic carbocycles. The molecule has 11 nitrogen and oxygen atoms in total. The van der Waals surface area contributed by atoms with E-state index in [1.807, 2.05) is 20.0 Å². The number of unbranched alkanes of at least 4 members (excludes halogenated alkanes) is 1. The molecule has 0 saturated carbocycles. The molecule has 44 heavy (non-hydrogen) atoms. The van der Waals surface area contributed by atoms with Gasteiger partial charge in [0, 0.05) is 24.4 Å². The highest BCUT2D eigenvalue weighted by atomic mass is 16.7. The third-order valence-electron chi connectivity index (χ3n) is 9.18. The zero-order valence-corrected chi connectivity index (χ0v) is 26.4. The standard InChI is InChI=1S/C33H43NO10/c1-7-8-15-40-25(36)18-21(16-19(2)35)29(37)41-23-11-12-33(39)24-17-20-9-10-22(42-30(38)44-31(3,4)5)27-26(20)32(33,28(23)43-27)13-14-34(24)6/h9-11,21,24,28,39H,7-8,12-18H2,1-6H3/t21-,24+,28-,32-,33+/m0/s1. The van der Waals surface area contributed by atoms with Crippen molar-refractivity contribution < 1.29 is 48.0 Å². The fraction of sp³-hybridized carbons (Fsp3) is 0.636. The number of ether oxygens (including phenoxy) is 5. The summed E-state index contributed by atoms with van der Waals surface area (Å²) in [7, 11) is 1.98. The largest absolute Gasteiger partial charge is 0.514 e. The topological polar surface area (TPSA) is 138 Å². The average molecular weight is 614 g/mol. The summed E-state index contributed by atoms with van der Waals surface area (Å²) >= 11 is 0. The summed E-state index contributed by atoms with van der Waals surface area (Å²) in [5.74, 6) is -1.96. The van der Waals surface area contributed by atoms with Gasteiger partial charge in [0.1, 0.15) is 17.1 Å². The van der Waals surface area contributed by atoms with Crippen LogP contribution < -0.4 is 9.47 Å². The predicted octanol–water partition coefficient (Wildman–Crippen LogP) is 4.15. The molecule has 2 heterocycles. The quantitative estimate of drug-likeness (QED) is 0.176. The van der Waals surface area contributed by atoms with Crippen LogP contribution in [0.15, 0.2) is 24.0 Å². The maximum atomic E-state index is 13.5. The van der Waals surface area contributed by atoms with Crippen LogP contribution in [0.1, 0.15) is 84.3 Å². The third kappa shape index (κ3) is 5.60. The molecule has 1 spiro atoms. The number of ketones is 1. The number of piperidine rings is 1. The number of likely N-dealkylation sites (N-methyl/N-ethyl adjacent to an activating group) is 1. The zero-order valence-electron chi connectivity index (χ0n) is 26.4. The lowest BCUT2D eigenvalue weighted by atomic mass is 9.50. The van der Waals surface area contributed by atoms with Crippen molar-refractivity contribution in [3.63, 3.8) is 0 Å². The molecule has 1 aromatic rings. The van der Waals surface area contributed by atoms with Crippen LogP contribution in [0, 0.1) is 5.92 Å². The second-order valence-electron chi connectivity index (χ2n) is 13.5. The van der Waals surface area contributed by atoms with Gasteiger partial charge in [0.25, 0.3) is 0 Å². The van der Waals surface area contributed by atoms with E-state index >= 15 is 0 Å². The van der Waals surface area contributed by atoms with Crippen molar-refractivity contribution in [3.8, 4) is 11.5 Å². The Morgan fingerprint density at radius 2 is 1.91 bits per heavy atom. The van der Waals surface area contributed by atoms with Crippen LogP contribution in [0.2, 0.25) is 0 Å². The monoisotopic (exact) mass is 613 g/mol. The van der Waals surface area contributed by atoms with Gasteiger partial charge in [0.05, 0.1) is 30.0 Å². The SMILES string of the molecule is CCCCOC(=O)C[C@H](CC(C)=O)C(=O)OC1=CC[C@@]2(O)[C@H]3Cc4ccc(OC(=O)OC(C)(C)C)c5c4[C@@]2(CCN3C)[C@H]1O5. The Morgan fingerprint density at radius 3 is 2.59 bits per heavy atom. The molecule has 0 aromatic heterocycles. The molecule has 0 amide bonds. The number of carbonyl (C=O) groups is 4. The van der Waals surface area contributed by atoms with E-state index in [2.05, 4.69) is 4.90 Å². The predicted molar refractivity (Wildman–Crippen MR) is 157 cm³/mol. The number of rotatable bonds is 10. The second kappa shape index (κ2) is 11.8. The number of esters is 2. The highest BCUT2D eigenvalue weighted by Crippen LogP contribution is 2.65. The molecule has 2 aliphatic heterocycles. The van der Waals surface area contributed by atoms with Gasteiger partial charge in [-0.15, -0.1) is 0 Å². The van der Waals surface area contributed by atoms with Crippen LogP contribution >= 0.6 is 0 Å². The lowest BCUT2D eigenvalue weighted by Crippen LogP contribution is -2.74. The Labute approximate surface area is 257 Å². The minimum Gasteiger partial charge on any atom is -0.477 e. The molecular weight excluding hydrogens is 570 g/mol. The lowest BCUT2D eigenvalue weighted by molar-refractivity contribution is -0.171. The minimum atomic E-state index is -1.26. The van der Waals surface area contributed by atoms with E-state index < -0.39 is 46.7 Å². The van der Waals surface area contributed by atoms with Crippen LogP contribution in [0.3, 0.4) is 0 Å². The fourth-order valence-electron chi connectivity index (χ4n) is 7.24. The van der Waals surface area contributed by atoms with E-state index in [0.717, 1.165) is 17.5 Å². The molecule has 2 bridgehead atoms. The summed E-state index contributed by atoms with van der Waals surface area (Å²) in [6, 6.07) is 3.32. The van der Waals surface area contributed by atoms with E-state index in [-0.39, 0.29) is 49.2 Å². The summed E-state index contributed by atoms with van der Waals surface area (Å²) in [5.41, 5.74) is -1.32. The van der Waals surface area contributed by atoms with Crippen molar-refractivity contribution >= 4 is 23.9 Å². The Balaban J connectivity index is 1.48. The molecule has 2 aliphatic carbocycles. The normalized spacial score (nSPS) is 27.3. The zero-order chi connectivity index (χ0) is 32.0. The minimum absolute atomic E-state index is 0.150. The average Bonchev–Trinajstić information content (AvgIpc) is 3.28. The van der Waals surface area contributed by atoms with Crippen molar-refractivity contribution in [3.05, 3.63) is 35.1 Å². The van der Waals surface area contributed by atoms with E-state index in [4.69, 9.17) is 23.7 Å². The van der Waals surface area contributed by atoms with E-state index in [0.29, 0.717) is 31.6 Å². The Morgan fingerprint density at radius 1 is 1.16 bits per heavy atom. The lowest BCUT2D eigenvalue weighted by Gasteiger charge is -2.61. The first-order valence-electron chi connectivity index (χ1n) is 15.4. The molecule has 11 heteroatoms. The van der Waals surface area contributed by atoms with Gasteiger partial charge in [0.2, 0.25) is 0 Å². The second-order valence-corrected chi connectivity index (χ2v) is 13.5. The number of likely N-dealkylation sites (tertiary alicyclic amines) is 1. The molecule has 1 N–H and O–H groups in total. The van der Waals surface area contributed by atoms with E-state index in [1.165, 1.54) is 6.92 Å². The van der Waals surface area contributed by atoms with Crippen molar-refractivity contribution in [2.24, 2.45) is 5.92 Å². The highest BCUT2D eigenvalue weighted by molar-refractivity contribution is 5.86. The Bertz CT molecular complexity index is 1380. The van der Waals surface area contributed by atoms with E-state index in [9.17, 15) is 24.3 Å². The third-order valence-corrected chi connectivity index (χ3v) is 9.18. The number of Topliss-reactive ketones (excluding diaryl/α,β-unsaturated/α-hetero) is 1. The van der Waals surface area contributed by atoms with Gasteiger partial charge in [-0.1, -0.05) is 19.4 Å². The van der Waals surface area contributed by atoms with Crippen molar-refractivity contribution in [2.45, 2.75) is 108 Å². The van der Waals surface area contributed by atoms with E-state index in [1.54, 1.807) is 32.9 Å². The fourth-order valence-corrected chi connectivity index (χ4v) is 7.24. The molecule has 1 saturated heterocycles. The molecule has 0 radical (unpaired) electrons. The van der Waals surface area contributed by atoms with Gasteiger partial charge >= 0.3 is 18.1 Å². The molecule has 4 aliphatic rings. The molecule has 5 rings (SSSR count). The summed E-state index contributed by atoms with van der Waals surface area (Å²) in [6.45, 7) is 9.42. The Kier molecular flexibility index (Phi) is 8.58. The van der Waals surface area contributed by atoms with Gasteiger partial charge in [-0.3, -0.25) is 9.59 Å². The maximum Gasteiger partial charge on any atom is 0.514 e. The van der Waals surface area contributed by atoms with Crippen LogP contribution in [-0.2, 0) is 40.4 Å². The van der Waals surface area contributed by atoms with Crippen molar-refractivity contribution in [1.82, 2.24) is 4.90 Å². The van der Waals surface area contributed by atoms with Gasteiger partial charge < -0.3 is 38.5 Å². The number of hydrogen-bond acceptors (Lipinski definition) is 11. The first-order chi connectivity index (χ1) is 20.7. The first-order valence-corrected chi connectivity index (χ1v) is 15.4. The summed E-state index contributed by atoms with van der Waals surface area (Å²) in [6.07, 6.45) is 2.19. The van der Waals surface area contributed by atoms with Crippen LogP contribution in [0.4, 0.5) is 4.79 Å². The van der Waals surface area contributed by atoms with Crippen LogP contribution in [-0.4, -0.2) is 77.4 Å². The molecular formula is C33H43NO10. The number of hydrogen-bond donors (Lipinski definition) is 1. The van der Waals surface area contributed by atoms with Gasteiger partial charge in [-0.2, -0.15) is 0 Å². The van der Waals surface area contributed by atoms with Gasteiger partial charge in [0.15, 0.2) is 17.6 Å². The summed E-state index contributed by atoms with van der Waals surface area (Å²) in [5, 5.41) is 12.5. The number of aliphatic hydroxyl groups is 1. The first kappa shape index (κ1) is 32.0. The molecule has 0 unspecified atom stereocenters. The molecule has 1 fully saturated rings. The summed E-state index contributed by atoms with van der Waals surface area (Å²) in [4.78, 5) is 52.9. The maximum absolute atomic E-state index is 13.5. The van der Waals surface area contributed by atoms with Crippen molar-refractivity contribution in [1.29, 1.82) is 0 Å². The Hall–Kier alpha value is -3.44. The summed E-state index contributed by atoms with van der Waals surface area (Å²) < 4.78 is 28.8. The molecule has 5 atom stereocenters. The van der Waals surface area contributed by atoms with Crippen LogP contribution in [0.5, 0.6) is 11.5 Å². The number of carbonyl (C=O) groups excluding carboxylic acids is 4. The smallest absolute Gasteiger partial charge is 0.477 e.